The monoisotopic (exact) mass is 286 g/mol. The molecule has 0 unspecified atom stereocenters. The second-order valence-corrected chi connectivity index (χ2v) is 4.77. The predicted octanol–water partition coefficient (Wildman–Crippen LogP) is 1.72. The molecule has 1 amide bonds. The Hall–Kier alpha value is -1.10. The van der Waals surface area contributed by atoms with Gasteiger partial charge in [0.25, 0.3) is 0 Å². The van der Waals surface area contributed by atoms with E-state index in [4.69, 9.17) is 0 Å². The molecule has 4 nitrogen and oxygen atoms in total. The Morgan fingerprint density at radius 2 is 2.19 bits per heavy atom. The van der Waals surface area contributed by atoms with Crippen LogP contribution in [0.15, 0.2) is 15.5 Å². The lowest BCUT2D eigenvalue weighted by atomic mass is 10.2. The number of hydrogen-bond acceptors (Lipinski definition) is 2. The molecule has 0 bridgehead atoms. The first-order valence-corrected chi connectivity index (χ1v) is 5.87. The summed E-state index contributed by atoms with van der Waals surface area (Å²) in [6.07, 6.45) is 0. The first kappa shape index (κ1) is 13.0. The number of carbonyl (C=O) groups is 1. The highest BCUT2D eigenvalue weighted by atomic mass is 79.9. The summed E-state index contributed by atoms with van der Waals surface area (Å²) in [6.45, 7) is 5.67. The fourth-order valence-corrected chi connectivity index (χ4v) is 1.87. The van der Waals surface area contributed by atoms with Crippen molar-refractivity contribution in [2.24, 2.45) is 5.92 Å². The first-order chi connectivity index (χ1) is 7.41. The van der Waals surface area contributed by atoms with E-state index in [0.717, 1.165) is 5.69 Å². The fourth-order valence-electron chi connectivity index (χ4n) is 1.22. The maximum Gasteiger partial charge on any atom is 0.222 e. The lowest BCUT2D eigenvalue weighted by Crippen LogP contribution is -2.29. The summed E-state index contributed by atoms with van der Waals surface area (Å²) in [5.74, 6) is -0.143. The molecule has 0 radical (unpaired) electrons. The Kier molecular flexibility index (Phi) is 4.29. The zero-order chi connectivity index (χ0) is 12.3. The van der Waals surface area contributed by atoms with Gasteiger partial charge in [-0.2, -0.15) is 0 Å². The van der Waals surface area contributed by atoms with Crippen LogP contribution >= 0.6 is 15.9 Å². The molecule has 0 saturated heterocycles. The van der Waals surface area contributed by atoms with Gasteiger partial charge in [-0.1, -0.05) is 13.8 Å². The highest BCUT2D eigenvalue weighted by Gasteiger charge is 2.10. The van der Waals surface area contributed by atoms with Crippen molar-refractivity contribution in [3.8, 4) is 0 Å². The summed E-state index contributed by atoms with van der Waals surface area (Å²) in [4.78, 5) is 26.0. The van der Waals surface area contributed by atoms with Crippen LogP contribution in [0, 0.1) is 12.8 Å². The minimum absolute atomic E-state index is 0.0631. The van der Waals surface area contributed by atoms with Crippen LogP contribution in [0.5, 0.6) is 0 Å². The Morgan fingerprint density at radius 1 is 1.56 bits per heavy atom. The molecular formula is C11H15BrN2O2. The zero-order valence-electron chi connectivity index (χ0n) is 9.56. The third-order valence-corrected chi connectivity index (χ3v) is 2.86. The highest BCUT2D eigenvalue weighted by Crippen LogP contribution is 2.10. The molecule has 0 aliphatic carbocycles. The lowest BCUT2D eigenvalue weighted by Gasteiger charge is -2.09. The molecule has 16 heavy (non-hydrogen) atoms. The molecule has 1 heterocycles. The number of hydrogen-bond donors (Lipinski definition) is 2. The van der Waals surface area contributed by atoms with Gasteiger partial charge in [0.15, 0.2) is 5.43 Å². The molecular weight excluding hydrogens is 272 g/mol. The van der Waals surface area contributed by atoms with Crippen LogP contribution in [-0.2, 0) is 11.3 Å². The number of aryl methyl sites for hydroxylation is 1. The van der Waals surface area contributed by atoms with E-state index in [-0.39, 0.29) is 23.8 Å². The van der Waals surface area contributed by atoms with E-state index in [2.05, 4.69) is 26.2 Å². The average Bonchev–Trinajstić information content (AvgIpc) is 2.15. The van der Waals surface area contributed by atoms with Crippen molar-refractivity contribution >= 4 is 21.8 Å². The maximum absolute atomic E-state index is 11.6. The molecule has 0 fully saturated rings. The standard InChI is InChI=1S/C11H15BrN2O2/c1-6(2)11(16)13-5-8-9(15)4-7(3)14-10(8)12/h4,6H,5H2,1-3H3,(H,13,16)(H,14,15). The van der Waals surface area contributed by atoms with Crippen molar-refractivity contribution in [3.05, 3.63) is 32.2 Å². The highest BCUT2D eigenvalue weighted by molar-refractivity contribution is 9.10. The zero-order valence-corrected chi connectivity index (χ0v) is 11.1. The Labute approximate surface area is 103 Å². The molecule has 0 atom stereocenters. The maximum atomic E-state index is 11.6. The molecule has 0 aromatic carbocycles. The number of amides is 1. The van der Waals surface area contributed by atoms with E-state index in [1.165, 1.54) is 6.07 Å². The van der Waals surface area contributed by atoms with Gasteiger partial charge in [0.1, 0.15) is 0 Å². The molecule has 0 aliphatic rings. The summed E-state index contributed by atoms with van der Waals surface area (Å²) in [6, 6.07) is 1.52. The third-order valence-electron chi connectivity index (χ3n) is 2.18. The number of H-pyrrole nitrogens is 1. The summed E-state index contributed by atoms with van der Waals surface area (Å²) in [5, 5.41) is 2.71. The van der Waals surface area contributed by atoms with Crippen LogP contribution in [0.3, 0.4) is 0 Å². The summed E-state index contributed by atoms with van der Waals surface area (Å²) in [5.41, 5.74) is 1.25. The van der Waals surface area contributed by atoms with Crippen LogP contribution in [0.1, 0.15) is 25.1 Å². The first-order valence-electron chi connectivity index (χ1n) is 5.08. The number of rotatable bonds is 3. The Balaban J connectivity index is 2.83. The van der Waals surface area contributed by atoms with Crippen LogP contribution in [0.25, 0.3) is 0 Å². The number of halogens is 1. The van der Waals surface area contributed by atoms with Crippen LogP contribution in [0.4, 0.5) is 0 Å². The second-order valence-electron chi connectivity index (χ2n) is 3.98. The van der Waals surface area contributed by atoms with Crippen molar-refractivity contribution in [1.29, 1.82) is 0 Å². The summed E-state index contributed by atoms with van der Waals surface area (Å²) in [7, 11) is 0. The van der Waals surface area contributed by atoms with Crippen molar-refractivity contribution in [2.75, 3.05) is 0 Å². The average molecular weight is 287 g/mol. The molecule has 1 aromatic rings. The largest absolute Gasteiger partial charge is 0.353 e. The van der Waals surface area contributed by atoms with E-state index >= 15 is 0 Å². The van der Waals surface area contributed by atoms with E-state index in [0.29, 0.717) is 10.2 Å². The van der Waals surface area contributed by atoms with Gasteiger partial charge in [0, 0.05) is 29.8 Å². The fraction of sp³-hybridized carbons (Fsp3) is 0.455. The van der Waals surface area contributed by atoms with E-state index < -0.39 is 0 Å². The molecule has 0 aliphatic heterocycles. The van der Waals surface area contributed by atoms with Crippen molar-refractivity contribution < 1.29 is 4.79 Å². The topological polar surface area (TPSA) is 62.0 Å². The van der Waals surface area contributed by atoms with E-state index in [1.54, 1.807) is 0 Å². The van der Waals surface area contributed by atoms with Crippen LogP contribution in [0.2, 0.25) is 0 Å². The molecule has 1 aromatic heterocycles. The molecule has 1 rings (SSSR count). The van der Waals surface area contributed by atoms with Gasteiger partial charge in [-0.15, -0.1) is 0 Å². The molecule has 2 N–H and O–H groups in total. The van der Waals surface area contributed by atoms with E-state index in [9.17, 15) is 9.59 Å². The van der Waals surface area contributed by atoms with Crippen molar-refractivity contribution in [1.82, 2.24) is 10.3 Å². The second kappa shape index (κ2) is 5.30. The quantitative estimate of drug-likeness (QED) is 0.831. The van der Waals surface area contributed by atoms with Gasteiger partial charge < -0.3 is 10.3 Å². The molecule has 5 heteroatoms. The van der Waals surface area contributed by atoms with Gasteiger partial charge in [0.05, 0.1) is 4.60 Å². The van der Waals surface area contributed by atoms with Gasteiger partial charge >= 0.3 is 0 Å². The molecule has 88 valence electrons. The Bertz CT molecular complexity index is 452. The SMILES string of the molecule is Cc1cc(=O)c(CNC(=O)C(C)C)c(Br)[nH]1. The third kappa shape index (κ3) is 3.20. The van der Waals surface area contributed by atoms with Gasteiger partial charge in [-0.25, -0.2) is 0 Å². The van der Waals surface area contributed by atoms with Gasteiger partial charge in [-0.05, 0) is 22.9 Å². The summed E-state index contributed by atoms with van der Waals surface area (Å²) >= 11 is 3.28. The van der Waals surface area contributed by atoms with Crippen LogP contribution < -0.4 is 10.7 Å². The number of pyridine rings is 1. The Morgan fingerprint density at radius 3 is 2.69 bits per heavy atom. The molecule has 0 spiro atoms. The van der Waals surface area contributed by atoms with Crippen molar-refractivity contribution in [2.45, 2.75) is 27.3 Å². The summed E-state index contributed by atoms with van der Waals surface area (Å²) < 4.78 is 0.626. The smallest absolute Gasteiger partial charge is 0.222 e. The normalized spacial score (nSPS) is 10.6. The lowest BCUT2D eigenvalue weighted by molar-refractivity contribution is -0.124. The van der Waals surface area contributed by atoms with Gasteiger partial charge in [-0.3, -0.25) is 9.59 Å². The number of nitrogens with one attached hydrogen (secondary N) is 2. The number of aromatic amines is 1. The van der Waals surface area contributed by atoms with Crippen LogP contribution in [-0.4, -0.2) is 10.9 Å². The number of aromatic nitrogens is 1. The van der Waals surface area contributed by atoms with E-state index in [1.807, 2.05) is 20.8 Å². The van der Waals surface area contributed by atoms with Crippen molar-refractivity contribution in [3.63, 3.8) is 0 Å². The minimum Gasteiger partial charge on any atom is -0.353 e. The van der Waals surface area contributed by atoms with Gasteiger partial charge in [0.2, 0.25) is 5.91 Å². The minimum atomic E-state index is -0.0803. The predicted molar refractivity (Wildman–Crippen MR) is 66.2 cm³/mol. The molecule has 0 saturated carbocycles. The number of carbonyl (C=O) groups excluding carboxylic acids is 1.